The fraction of sp³-hybridized carbons (Fsp3) is 0.211. The number of methoxy groups -OCH3 is 2. The molecule has 0 aromatic heterocycles. The normalized spacial score (nSPS) is 9.92. The third-order valence-corrected chi connectivity index (χ3v) is 3.50. The van der Waals surface area contributed by atoms with Crippen molar-refractivity contribution >= 4 is 23.5 Å². The highest BCUT2D eigenvalue weighted by molar-refractivity contribution is 6.01. The Bertz CT molecular complexity index is 802. The summed E-state index contributed by atoms with van der Waals surface area (Å²) in [7, 11) is 2.76. The molecular formula is C19H19NO6. The van der Waals surface area contributed by atoms with E-state index in [1.807, 2.05) is 0 Å². The number of nitrogens with one attached hydrogen (secondary N) is 1. The summed E-state index contributed by atoms with van der Waals surface area (Å²) in [5.74, 6) is -1.13. The molecule has 2 aromatic carbocycles. The molecule has 0 saturated carbocycles. The molecule has 0 radical (unpaired) electrons. The van der Waals surface area contributed by atoms with Crippen molar-refractivity contribution in [3.63, 3.8) is 0 Å². The van der Waals surface area contributed by atoms with Gasteiger partial charge >= 0.3 is 11.9 Å². The molecule has 0 saturated heterocycles. The van der Waals surface area contributed by atoms with E-state index in [1.165, 1.54) is 20.3 Å². The van der Waals surface area contributed by atoms with E-state index in [2.05, 4.69) is 10.1 Å². The number of amides is 1. The van der Waals surface area contributed by atoms with Crippen LogP contribution in [0, 0.1) is 0 Å². The molecular weight excluding hydrogens is 338 g/mol. The minimum absolute atomic E-state index is 0.0178. The number of esters is 2. The van der Waals surface area contributed by atoms with Gasteiger partial charge in [-0.3, -0.25) is 9.59 Å². The first-order valence-electron chi connectivity index (χ1n) is 7.80. The molecule has 1 amide bonds. The van der Waals surface area contributed by atoms with E-state index in [1.54, 1.807) is 42.5 Å². The van der Waals surface area contributed by atoms with Crippen LogP contribution in [0.15, 0.2) is 48.5 Å². The van der Waals surface area contributed by atoms with Crippen LogP contribution in [-0.2, 0) is 25.5 Å². The second-order valence-electron chi connectivity index (χ2n) is 5.23. The Kier molecular flexibility index (Phi) is 6.73. The van der Waals surface area contributed by atoms with E-state index in [0.717, 1.165) is 0 Å². The molecule has 0 bridgehead atoms. The predicted molar refractivity (Wildman–Crippen MR) is 94.1 cm³/mol. The molecule has 0 spiro atoms. The highest BCUT2D eigenvalue weighted by Gasteiger charge is 2.15. The number of carbonyl (C=O) groups excluding carboxylic acids is 3. The van der Waals surface area contributed by atoms with Crippen LogP contribution in [0.1, 0.15) is 15.9 Å². The number of anilines is 1. The lowest BCUT2D eigenvalue weighted by molar-refractivity contribution is -0.146. The highest BCUT2D eigenvalue weighted by atomic mass is 16.5. The zero-order chi connectivity index (χ0) is 18.9. The number of hydrogen-bond donors (Lipinski definition) is 1. The Labute approximate surface area is 150 Å². The Hall–Kier alpha value is -3.35. The molecule has 0 fully saturated rings. The lowest BCUT2D eigenvalue weighted by Gasteiger charge is -2.10. The fourth-order valence-corrected chi connectivity index (χ4v) is 2.27. The smallest absolute Gasteiger partial charge is 0.339 e. The maximum Gasteiger partial charge on any atom is 0.339 e. The summed E-state index contributed by atoms with van der Waals surface area (Å²) >= 11 is 0. The van der Waals surface area contributed by atoms with Gasteiger partial charge in [0.2, 0.25) is 0 Å². The molecule has 7 nitrogen and oxygen atoms in total. The minimum atomic E-state index is -0.575. The van der Waals surface area contributed by atoms with Crippen LogP contribution in [0.25, 0.3) is 0 Å². The van der Waals surface area contributed by atoms with Crippen molar-refractivity contribution in [2.45, 2.75) is 6.42 Å². The summed E-state index contributed by atoms with van der Waals surface area (Å²) < 4.78 is 14.8. The number of para-hydroxylation sites is 2. The Morgan fingerprint density at radius 3 is 2.38 bits per heavy atom. The summed E-state index contributed by atoms with van der Waals surface area (Å²) in [6.07, 6.45) is -0.0178. The third-order valence-electron chi connectivity index (χ3n) is 3.50. The van der Waals surface area contributed by atoms with Gasteiger partial charge in [-0.25, -0.2) is 4.79 Å². The van der Waals surface area contributed by atoms with Crippen LogP contribution in [0.3, 0.4) is 0 Å². The molecule has 1 N–H and O–H groups in total. The van der Waals surface area contributed by atoms with Gasteiger partial charge in [0.15, 0.2) is 6.61 Å². The number of benzene rings is 2. The minimum Gasteiger partial charge on any atom is -0.496 e. The summed E-state index contributed by atoms with van der Waals surface area (Å²) in [6.45, 7) is -0.469. The maximum atomic E-state index is 12.0. The van der Waals surface area contributed by atoms with Crippen molar-refractivity contribution in [1.29, 1.82) is 0 Å². The van der Waals surface area contributed by atoms with E-state index < -0.39 is 24.5 Å². The number of rotatable bonds is 7. The molecule has 0 atom stereocenters. The first-order valence-corrected chi connectivity index (χ1v) is 7.80. The SMILES string of the molecule is COC(=O)c1ccccc1NC(=O)COC(=O)Cc1ccccc1OC. The van der Waals surface area contributed by atoms with Gasteiger partial charge in [-0.15, -0.1) is 0 Å². The van der Waals surface area contributed by atoms with Crippen molar-refractivity contribution in [3.8, 4) is 5.75 Å². The summed E-state index contributed by atoms with van der Waals surface area (Å²) in [5, 5.41) is 2.53. The van der Waals surface area contributed by atoms with Crippen LogP contribution in [0.5, 0.6) is 5.75 Å². The monoisotopic (exact) mass is 357 g/mol. The van der Waals surface area contributed by atoms with E-state index in [0.29, 0.717) is 11.3 Å². The van der Waals surface area contributed by atoms with Crippen LogP contribution < -0.4 is 10.1 Å². The molecule has 2 rings (SSSR count). The Morgan fingerprint density at radius 1 is 0.962 bits per heavy atom. The Morgan fingerprint density at radius 2 is 1.65 bits per heavy atom. The van der Waals surface area contributed by atoms with Crippen molar-refractivity contribution in [2.24, 2.45) is 0 Å². The molecule has 0 aliphatic carbocycles. The van der Waals surface area contributed by atoms with Gasteiger partial charge in [0.1, 0.15) is 5.75 Å². The molecule has 136 valence electrons. The average molecular weight is 357 g/mol. The van der Waals surface area contributed by atoms with Crippen LogP contribution in [-0.4, -0.2) is 38.7 Å². The zero-order valence-electron chi connectivity index (χ0n) is 14.5. The van der Waals surface area contributed by atoms with E-state index >= 15 is 0 Å². The summed E-state index contributed by atoms with van der Waals surface area (Å²) in [6, 6.07) is 13.4. The largest absolute Gasteiger partial charge is 0.496 e. The van der Waals surface area contributed by atoms with Crippen LogP contribution >= 0.6 is 0 Å². The van der Waals surface area contributed by atoms with Gasteiger partial charge in [-0.05, 0) is 18.2 Å². The molecule has 0 heterocycles. The van der Waals surface area contributed by atoms with Gasteiger partial charge in [0, 0.05) is 5.56 Å². The lowest BCUT2D eigenvalue weighted by atomic mass is 10.1. The van der Waals surface area contributed by atoms with E-state index in [9.17, 15) is 14.4 Å². The van der Waals surface area contributed by atoms with Crippen LogP contribution in [0.4, 0.5) is 5.69 Å². The lowest BCUT2D eigenvalue weighted by Crippen LogP contribution is -2.23. The van der Waals surface area contributed by atoms with E-state index in [4.69, 9.17) is 9.47 Å². The van der Waals surface area contributed by atoms with Gasteiger partial charge in [-0.1, -0.05) is 30.3 Å². The molecule has 0 aliphatic rings. The van der Waals surface area contributed by atoms with Gasteiger partial charge in [0.05, 0.1) is 31.9 Å². The predicted octanol–water partition coefficient (Wildman–Crippen LogP) is 2.21. The van der Waals surface area contributed by atoms with Crippen molar-refractivity contribution in [1.82, 2.24) is 0 Å². The quantitative estimate of drug-likeness (QED) is 0.764. The van der Waals surface area contributed by atoms with Gasteiger partial charge in [-0.2, -0.15) is 0 Å². The average Bonchev–Trinajstić information content (AvgIpc) is 2.66. The van der Waals surface area contributed by atoms with Crippen molar-refractivity contribution in [3.05, 3.63) is 59.7 Å². The molecule has 7 heteroatoms. The summed E-state index contributed by atoms with van der Waals surface area (Å²) in [5.41, 5.74) is 1.16. The maximum absolute atomic E-state index is 12.0. The summed E-state index contributed by atoms with van der Waals surface area (Å²) in [4.78, 5) is 35.6. The standard InChI is InChI=1S/C19H19NO6/c1-24-16-10-6-3-7-13(16)11-18(22)26-12-17(21)20-15-9-5-4-8-14(15)19(23)25-2/h3-10H,11-12H2,1-2H3,(H,20,21). The highest BCUT2D eigenvalue weighted by Crippen LogP contribution is 2.18. The topological polar surface area (TPSA) is 90.9 Å². The van der Waals surface area contributed by atoms with E-state index in [-0.39, 0.29) is 17.7 Å². The van der Waals surface area contributed by atoms with Gasteiger partial charge < -0.3 is 19.5 Å². The molecule has 0 unspecified atom stereocenters. The second-order valence-corrected chi connectivity index (χ2v) is 5.23. The molecule has 26 heavy (non-hydrogen) atoms. The van der Waals surface area contributed by atoms with Crippen molar-refractivity contribution in [2.75, 3.05) is 26.1 Å². The van der Waals surface area contributed by atoms with Gasteiger partial charge in [0.25, 0.3) is 5.91 Å². The number of hydrogen-bond acceptors (Lipinski definition) is 6. The Balaban J connectivity index is 1.91. The first kappa shape index (κ1) is 19.0. The molecule has 2 aromatic rings. The molecule has 0 aliphatic heterocycles. The third kappa shape index (κ3) is 5.07. The number of ether oxygens (including phenoxy) is 3. The zero-order valence-corrected chi connectivity index (χ0v) is 14.5. The van der Waals surface area contributed by atoms with Crippen molar-refractivity contribution < 1.29 is 28.6 Å². The first-order chi connectivity index (χ1) is 12.5. The second kappa shape index (κ2) is 9.22. The fourth-order valence-electron chi connectivity index (χ4n) is 2.27. The number of carbonyl (C=O) groups is 3. The van der Waals surface area contributed by atoms with Crippen LogP contribution in [0.2, 0.25) is 0 Å².